The van der Waals surface area contributed by atoms with E-state index in [1.54, 1.807) is 12.1 Å². The smallest absolute Gasteiger partial charge is 0.332 e. The number of rotatable bonds is 5. The summed E-state index contributed by atoms with van der Waals surface area (Å²) < 4.78 is 0. The Bertz CT molecular complexity index is 566. The molecule has 0 radical (unpaired) electrons. The molecule has 0 unspecified atom stereocenters. The summed E-state index contributed by atoms with van der Waals surface area (Å²) in [6.45, 7) is -0.604. The van der Waals surface area contributed by atoms with Crippen LogP contribution >= 0.6 is 0 Å². The van der Waals surface area contributed by atoms with Gasteiger partial charge in [0.15, 0.2) is 6.61 Å². The zero-order chi connectivity index (χ0) is 13.7. The number of carbonyl (C=O) groups is 2. The lowest BCUT2D eigenvalue weighted by Crippen LogP contribution is -2.26. The van der Waals surface area contributed by atoms with Crippen LogP contribution in [0.4, 0.5) is 0 Å². The Labute approximate surface area is 106 Å². The maximum Gasteiger partial charge on any atom is 0.332 e. The minimum Gasteiger partial charge on any atom is -0.479 e. The molecule has 0 aliphatic heterocycles. The van der Waals surface area contributed by atoms with Crippen molar-refractivity contribution in [2.75, 3.05) is 6.61 Å². The molecule has 0 atom stereocenters. The minimum atomic E-state index is -1.17. The van der Waals surface area contributed by atoms with Gasteiger partial charge in [0.2, 0.25) is 5.82 Å². The van der Waals surface area contributed by atoms with E-state index in [0.29, 0.717) is 17.0 Å². The van der Waals surface area contributed by atoms with Gasteiger partial charge < -0.3 is 5.11 Å². The van der Waals surface area contributed by atoms with Gasteiger partial charge in [-0.3, -0.25) is 9.63 Å². The lowest BCUT2D eigenvalue weighted by molar-refractivity contribution is -0.144. The number of hydrogen-bond acceptors (Lipinski definition) is 6. The van der Waals surface area contributed by atoms with Gasteiger partial charge in [-0.25, -0.2) is 10.3 Å². The Kier molecular flexibility index (Phi) is 3.78. The molecule has 0 aliphatic carbocycles. The molecule has 3 N–H and O–H groups in total. The number of amides is 1. The van der Waals surface area contributed by atoms with Crippen LogP contribution in [0.3, 0.4) is 0 Å². The van der Waals surface area contributed by atoms with Crippen molar-refractivity contribution in [3.05, 3.63) is 29.8 Å². The number of carboxylic acids is 1. The lowest BCUT2D eigenvalue weighted by Gasteiger charge is -2.04. The molecule has 9 heteroatoms. The van der Waals surface area contributed by atoms with E-state index in [1.807, 2.05) is 5.48 Å². The van der Waals surface area contributed by atoms with Gasteiger partial charge in [-0.2, -0.15) is 5.21 Å². The molecule has 2 aromatic rings. The largest absolute Gasteiger partial charge is 0.479 e. The van der Waals surface area contributed by atoms with E-state index >= 15 is 0 Å². The standard InChI is InChI=1S/C10H9N5O4/c16-8(17)5-19-13-10(18)7-3-1-6(2-4-7)9-11-14-15-12-9/h1-4H,5H2,(H,13,18)(H,16,17)(H,11,12,14,15). The summed E-state index contributed by atoms with van der Waals surface area (Å²) in [4.78, 5) is 26.2. The molecule has 0 saturated heterocycles. The van der Waals surface area contributed by atoms with Crippen LogP contribution in [-0.2, 0) is 9.63 Å². The summed E-state index contributed by atoms with van der Waals surface area (Å²) >= 11 is 0. The summed E-state index contributed by atoms with van der Waals surface area (Å²) in [6, 6.07) is 6.34. The van der Waals surface area contributed by atoms with Gasteiger partial charge in [-0.1, -0.05) is 12.1 Å². The molecule has 9 nitrogen and oxygen atoms in total. The average Bonchev–Trinajstić information content (AvgIpc) is 2.92. The number of H-pyrrole nitrogens is 1. The summed E-state index contributed by atoms with van der Waals surface area (Å²) in [7, 11) is 0. The van der Waals surface area contributed by atoms with Crippen molar-refractivity contribution >= 4 is 11.9 Å². The van der Waals surface area contributed by atoms with Crippen molar-refractivity contribution in [2.45, 2.75) is 0 Å². The van der Waals surface area contributed by atoms with E-state index in [4.69, 9.17) is 5.11 Å². The number of aliphatic carboxylic acids is 1. The van der Waals surface area contributed by atoms with Crippen LogP contribution in [0.25, 0.3) is 11.4 Å². The van der Waals surface area contributed by atoms with Gasteiger partial charge in [0.05, 0.1) is 0 Å². The topological polar surface area (TPSA) is 130 Å². The summed E-state index contributed by atoms with van der Waals surface area (Å²) in [5.41, 5.74) is 3.02. The van der Waals surface area contributed by atoms with Crippen LogP contribution in [0.1, 0.15) is 10.4 Å². The summed E-state index contributed by atoms with van der Waals surface area (Å²) in [6.07, 6.45) is 0. The zero-order valence-corrected chi connectivity index (χ0v) is 9.53. The SMILES string of the molecule is O=C(O)CONC(=O)c1ccc(-c2nn[nH]n2)cc1. The number of aromatic nitrogens is 4. The van der Waals surface area contributed by atoms with E-state index < -0.39 is 18.5 Å². The molecule has 0 fully saturated rings. The first-order chi connectivity index (χ1) is 9.16. The zero-order valence-electron chi connectivity index (χ0n) is 9.53. The summed E-state index contributed by atoms with van der Waals surface area (Å²) in [5, 5.41) is 21.7. The van der Waals surface area contributed by atoms with E-state index in [9.17, 15) is 9.59 Å². The van der Waals surface area contributed by atoms with Crippen LogP contribution in [-0.4, -0.2) is 44.2 Å². The van der Waals surface area contributed by atoms with Crippen molar-refractivity contribution < 1.29 is 19.5 Å². The number of nitrogens with zero attached hydrogens (tertiary/aromatic N) is 3. The first kappa shape index (κ1) is 12.6. The maximum atomic E-state index is 11.5. The van der Waals surface area contributed by atoms with Crippen LogP contribution in [0.5, 0.6) is 0 Å². The predicted molar refractivity (Wildman–Crippen MR) is 60.7 cm³/mol. The average molecular weight is 263 g/mol. The molecule has 0 bridgehead atoms. The van der Waals surface area contributed by atoms with Crippen LogP contribution < -0.4 is 5.48 Å². The monoisotopic (exact) mass is 263 g/mol. The summed E-state index contributed by atoms with van der Waals surface area (Å²) in [5.74, 6) is -1.30. The predicted octanol–water partition coefficient (Wildman–Crippen LogP) is -0.387. The molecule has 19 heavy (non-hydrogen) atoms. The molecule has 2 rings (SSSR count). The Balaban J connectivity index is 1.98. The molecule has 0 saturated carbocycles. The Morgan fingerprint density at radius 2 is 2.05 bits per heavy atom. The molecule has 1 heterocycles. The van der Waals surface area contributed by atoms with Gasteiger partial charge in [0.25, 0.3) is 5.91 Å². The first-order valence-corrected chi connectivity index (χ1v) is 5.14. The number of carbonyl (C=O) groups excluding carboxylic acids is 1. The Morgan fingerprint density at radius 1 is 1.32 bits per heavy atom. The van der Waals surface area contributed by atoms with E-state index in [0.717, 1.165) is 0 Å². The van der Waals surface area contributed by atoms with Gasteiger partial charge in [-0.05, 0) is 17.3 Å². The van der Waals surface area contributed by atoms with E-state index in [1.165, 1.54) is 12.1 Å². The second-order valence-electron chi connectivity index (χ2n) is 3.43. The van der Waals surface area contributed by atoms with Crippen LogP contribution in [0.2, 0.25) is 0 Å². The van der Waals surface area contributed by atoms with Crippen molar-refractivity contribution in [1.29, 1.82) is 0 Å². The van der Waals surface area contributed by atoms with Crippen molar-refractivity contribution in [2.24, 2.45) is 0 Å². The quantitative estimate of drug-likeness (QED) is 0.626. The fourth-order valence-corrected chi connectivity index (χ4v) is 1.28. The minimum absolute atomic E-state index is 0.317. The Hall–Kier alpha value is -2.81. The van der Waals surface area contributed by atoms with Crippen LogP contribution in [0.15, 0.2) is 24.3 Å². The molecule has 1 aromatic carbocycles. The second-order valence-corrected chi connectivity index (χ2v) is 3.43. The first-order valence-electron chi connectivity index (χ1n) is 5.14. The molecule has 0 aliphatic rings. The van der Waals surface area contributed by atoms with Gasteiger partial charge in [-0.15, -0.1) is 10.2 Å². The second kappa shape index (κ2) is 5.69. The number of hydrogen-bond donors (Lipinski definition) is 3. The molecule has 1 amide bonds. The third-order valence-corrected chi connectivity index (χ3v) is 2.11. The number of aromatic amines is 1. The highest BCUT2D eigenvalue weighted by molar-refractivity contribution is 5.93. The number of nitrogens with one attached hydrogen (secondary N) is 2. The highest BCUT2D eigenvalue weighted by Gasteiger charge is 2.08. The molecule has 0 spiro atoms. The van der Waals surface area contributed by atoms with Crippen molar-refractivity contribution in [3.63, 3.8) is 0 Å². The van der Waals surface area contributed by atoms with Crippen LogP contribution in [0, 0.1) is 0 Å². The van der Waals surface area contributed by atoms with Gasteiger partial charge >= 0.3 is 5.97 Å². The maximum absolute atomic E-state index is 11.5. The fourth-order valence-electron chi connectivity index (χ4n) is 1.28. The third-order valence-electron chi connectivity index (χ3n) is 2.11. The highest BCUT2D eigenvalue weighted by atomic mass is 16.7. The molecular weight excluding hydrogens is 254 g/mol. The van der Waals surface area contributed by atoms with E-state index in [-0.39, 0.29) is 0 Å². The van der Waals surface area contributed by atoms with Gasteiger partial charge in [0.1, 0.15) is 0 Å². The lowest BCUT2D eigenvalue weighted by atomic mass is 10.1. The third kappa shape index (κ3) is 3.33. The number of benzene rings is 1. The number of hydroxylamine groups is 1. The van der Waals surface area contributed by atoms with Crippen molar-refractivity contribution in [3.8, 4) is 11.4 Å². The fraction of sp³-hybridized carbons (Fsp3) is 0.100. The highest BCUT2D eigenvalue weighted by Crippen LogP contribution is 2.13. The van der Waals surface area contributed by atoms with Gasteiger partial charge in [0, 0.05) is 11.1 Å². The molecular formula is C10H9N5O4. The Morgan fingerprint density at radius 3 is 2.63 bits per heavy atom. The number of tetrazole rings is 1. The normalized spacial score (nSPS) is 10.1. The molecule has 98 valence electrons. The van der Waals surface area contributed by atoms with E-state index in [2.05, 4.69) is 25.5 Å². The number of carboxylic acid groups (broad SMARTS) is 1. The van der Waals surface area contributed by atoms with Crippen molar-refractivity contribution in [1.82, 2.24) is 26.1 Å². The molecule has 1 aromatic heterocycles.